The molecule has 0 aliphatic carbocycles. The molecule has 6 nitrogen and oxygen atoms in total. The summed E-state index contributed by atoms with van der Waals surface area (Å²) in [6.45, 7) is 0. The number of aromatic amines is 1. The van der Waals surface area contributed by atoms with Gasteiger partial charge in [-0.3, -0.25) is 4.79 Å². The Balaban J connectivity index is 2.20. The number of halogens is 1. The molecule has 0 spiro atoms. The third-order valence-corrected chi connectivity index (χ3v) is 2.95. The molecule has 0 bridgehead atoms. The molecule has 1 aromatic carbocycles. The van der Waals surface area contributed by atoms with Crippen LogP contribution < -0.4 is 15.7 Å². The maximum absolute atomic E-state index is 12.0. The number of nitrogens with one attached hydrogen (secondary N) is 2. The van der Waals surface area contributed by atoms with Crippen molar-refractivity contribution < 1.29 is 9.53 Å². The van der Waals surface area contributed by atoms with E-state index in [0.29, 0.717) is 15.8 Å². The Hall–Kier alpha value is -2.15. The Kier molecular flexibility index (Phi) is 3.96. The van der Waals surface area contributed by atoms with Crippen LogP contribution in [-0.4, -0.2) is 23.0 Å². The summed E-state index contributed by atoms with van der Waals surface area (Å²) >= 11 is 3.19. The van der Waals surface area contributed by atoms with E-state index in [9.17, 15) is 9.59 Å². The molecule has 2 N–H and O–H groups in total. The van der Waals surface area contributed by atoms with Crippen molar-refractivity contribution in [1.29, 1.82) is 0 Å². The minimum Gasteiger partial charge on any atom is -0.497 e. The average Bonchev–Trinajstić information content (AvgIpc) is 2.43. The number of H-pyrrole nitrogens is 1. The zero-order chi connectivity index (χ0) is 13.8. The number of carbonyl (C=O) groups is 1. The Morgan fingerprint density at radius 3 is 2.68 bits per heavy atom. The summed E-state index contributed by atoms with van der Waals surface area (Å²) in [7, 11) is 1.55. The van der Waals surface area contributed by atoms with Crippen LogP contribution in [0.4, 0.5) is 5.82 Å². The fraction of sp³-hybridized carbons (Fsp3) is 0.0833. The minimum absolute atomic E-state index is 0.171. The number of aromatic nitrogens is 2. The molecule has 0 unspecified atom stereocenters. The first-order valence-corrected chi connectivity index (χ1v) is 6.10. The molecular weight excluding hydrogens is 314 g/mol. The molecule has 0 atom stereocenters. The number of rotatable bonds is 3. The highest BCUT2D eigenvalue weighted by Gasteiger charge is 2.10. The standard InChI is InChI=1S/C12H10BrN3O3/c1-19-8-4-2-7(3-5-8)11(17)15-10-9(13)6-14-12(18)16-10/h2-6H,1H3,(H2,14,15,16,17,18). The maximum Gasteiger partial charge on any atom is 0.346 e. The van der Waals surface area contributed by atoms with Gasteiger partial charge in [-0.2, -0.15) is 4.98 Å². The molecule has 0 radical (unpaired) electrons. The first-order valence-electron chi connectivity index (χ1n) is 5.31. The number of carbonyl (C=O) groups excluding carboxylic acids is 1. The topological polar surface area (TPSA) is 84.1 Å². The Morgan fingerprint density at radius 1 is 1.37 bits per heavy atom. The predicted molar refractivity (Wildman–Crippen MR) is 73.5 cm³/mol. The SMILES string of the molecule is COc1ccc(C(=O)Nc2nc(=O)[nH]cc2Br)cc1. The van der Waals surface area contributed by atoms with Crippen molar-refractivity contribution >= 4 is 27.7 Å². The molecule has 19 heavy (non-hydrogen) atoms. The number of nitrogens with zero attached hydrogens (tertiary/aromatic N) is 1. The van der Waals surface area contributed by atoms with E-state index >= 15 is 0 Å². The summed E-state index contributed by atoms with van der Waals surface area (Å²) in [6.07, 6.45) is 1.42. The summed E-state index contributed by atoms with van der Waals surface area (Å²) in [4.78, 5) is 29.1. The van der Waals surface area contributed by atoms with Crippen molar-refractivity contribution in [3.63, 3.8) is 0 Å². The lowest BCUT2D eigenvalue weighted by atomic mass is 10.2. The molecule has 1 amide bonds. The van der Waals surface area contributed by atoms with Crippen LogP contribution in [0.1, 0.15) is 10.4 Å². The lowest BCUT2D eigenvalue weighted by Crippen LogP contribution is -2.18. The molecule has 7 heteroatoms. The third kappa shape index (κ3) is 3.19. The first kappa shape index (κ1) is 13.3. The molecule has 2 rings (SSSR count). The van der Waals surface area contributed by atoms with Gasteiger partial charge in [-0.15, -0.1) is 0 Å². The van der Waals surface area contributed by atoms with E-state index in [1.165, 1.54) is 6.20 Å². The summed E-state index contributed by atoms with van der Waals surface area (Å²) < 4.78 is 5.50. The van der Waals surface area contributed by atoms with Crippen LogP contribution in [0, 0.1) is 0 Å². The number of amides is 1. The first-order chi connectivity index (χ1) is 9.10. The van der Waals surface area contributed by atoms with Gasteiger partial charge in [0.2, 0.25) is 0 Å². The lowest BCUT2D eigenvalue weighted by molar-refractivity contribution is 0.102. The van der Waals surface area contributed by atoms with Crippen LogP contribution in [-0.2, 0) is 0 Å². The predicted octanol–water partition coefficient (Wildman–Crippen LogP) is 1.79. The van der Waals surface area contributed by atoms with E-state index in [0.717, 1.165) is 0 Å². The van der Waals surface area contributed by atoms with E-state index in [4.69, 9.17) is 4.74 Å². The second kappa shape index (κ2) is 5.66. The number of hydrogen-bond acceptors (Lipinski definition) is 4. The average molecular weight is 324 g/mol. The van der Waals surface area contributed by atoms with Crippen LogP contribution in [0.2, 0.25) is 0 Å². The Bertz CT molecular complexity index is 652. The van der Waals surface area contributed by atoms with Gasteiger partial charge in [-0.05, 0) is 40.2 Å². The van der Waals surface area contributed by atoms with Gasteiger partial charge in [0.25, 0.3) is 5.91 Å². The highest BCUT2D eigenvalue weighted by atomic mass is 79.9. The fourth-order valence-corrected chi connectivity index (χ4v) is 1.69. The number of hydrogen-bond donors (Lipinski definition) is 2. The Labute approximate surface area is 117 Å². The smallest absolute Gasteiger partial charge is 0.346 e. The summed E-state index contributed by atoms with van der Waals surface area (Å²) in [5, 5.41) is 2.55. The summed E-state index contributed by atoms with van der Waals surface area (Å²) in [6, 6.07) is 6.59. The molecule has 0 saturated heterocycles. The normalized spacial score (nSPS) is 10.0. The van der Waals surface area contributed by atoms with Gasteiger partial charge < -0.3 is 15.0 Å². The van der Waals surface area contributed by atoms with Crippen LogP contribution >= 0.6 is 15.9 Å². The second-order valence-corrected chi connectivity index (χ2v) is 4.44. The van der Waals surface area contributed by atoms with Crippen molar-refractivity contribution in [3.8, 4) is 5.75 Å². The molecule has 0 aliphatic rings. The van der Waals surface area contributed by atoms with Gasteiger partial charge in [0, 0.05) is 11.8 Å². The van der Waals surface area contributed by atoms with E-state index in [2.05, 4.69) is 31.2 Å². The number of ether oxygens (including phenoxy) is 1. The zero-order valence-corrected chi connectivity index (χ0v) is 11.5. The van der Waals surface area contributed by atoms with E-state index in [-0.39, 0.29) is 11.7 Å². The molecule has 2 aromatic rings. The molecule has 1 heterocycles. The van der Waals surface area contributed by atoms with Crippen LogP contribution in [0.5, 0.6) is 5.75 Å². The van der Waals surface area contributed by atoms with Crippen molar-refractivity contribution in [3.05, 3.63) is 51.0 Å². The van der Waals surface area contributed by atoms with Crippen LogP contribution in [0.3, 0.4) is 0 Å². The maximum atomic E-state index is 12.0. The molecule has 1 aromatic heterocycles. The lowest BCUT2D eigenvalue weighted by Gasteiger charge is -2.06. The molecular formula is C12H10BrN3O3. The number of methoxy groups -OCH3 is 1. The zero-order valence-electron chi connectivity index (χ0n) is 9.94. The van der Waals surface area contributed by atoms with Crippen molar-refractivity contribution in [2.75, 3.05) is 12.4 Å². The van der Waals surface area contributed by atoms with Gasteiger partial charge >= 0.3 is 5.69 Å². The highest BCUT2D eigenvalue weighted by molar-refractivity contribution is 9.10. The minimum atomic E-state index is -0.534. The van der Waals surface area contributed by atoms with Gasteiger partial charge in [0.1, 0.15) is 5.75 Å². The molecule has 0 fully saturated rings. The second-order valence-electron chi connectivity index (χ2n) is 3.58. The highest BCUT2D eigenvalue weighted by Crippen LogP contribution is 2.18. The molecule has 98 valence electrons. The number of anilines is 1. The van der Waals surface area contributed by atoms with Crippen molar-refractivity contribution in [2.45, 2.75) is 0 Å². The van der Waals surface area contributed by atoms with Gasteiger partial charge in [-0.25, -0.2) is 4.79 Å². The monoisotopic (exact) mass is 323 g/mol. The quantitative estimate of drug-likeness (QED) is 0.902. The van der Waals surface area contributed by atoms with E-state index < -0.39 is 5.69 Å². The number of benzene rings is 1. The third-order valence-electron chi connectivity index (χ3n) is 2.35. The van der Waals surface area contributed by atoms with Crippen molar-refractivity contribution in [2.24, 2.45) is 0 Å². The summed E-state index contributed by atoms with van der Waals surface area (Å²) in [5.41, 5.74) is -0.0944. The summed E-state index contributed by atoms with van der Waals surface area (Å²) in [5.74, 6) is 0.470. The van der Waals surface area contributed by atoms with Crippen LogP contribution in [0.25, 0.3) is 0 Å². The van der Waals surface area contributed by atoms with Gasteiger partial charge in [-0.1, -0.05) is 0 Å². The van der Waals surface area contributed by atoms with Crippen LogP contribution in [0.15, 0.2) is 39.7 Å². The van der Waals surface area contributed by atoms with Crippen molar-refractivity contribution in [1.82, 2.24) is 9.97 Å². The Morgan fingerprint density at radius 2 is 2.05 bits per heavy atom. The molecule has 0 saturated carbocycles. The van der Waals surface area contributed by atoms with E-state index in [1.54, 1.807) is 31.4 Å². The van der Waals surface area contributed by atoms with Gasteiger partial charge in [0.05, 0.1) is 11.6 Å². The van der Waals surface area contributed by atoms with Gasteiger partial charge in [0.15, 0.2) is 5.82 Å². The fourth-order valence-electron chi connectivity index (χ4n) is 1.39. The largest absolute Gasteiger partial charge is 0.497 e. The van der Waals surface area contributed by atoms with E-state index in [1.807, 2.05) is 0 Å². The molecule has 0 aliphatic heterocycles.